The van der Waals surface area contributed by atoms with Gasteiger partial charge in [-0.3, -0.25) is 4.79 Å². The molecule has 3 N–H and O–H groups in total. The molecule has 1 atom stereocenters. The highest BCUT2D eigenvalue weighted by atomic mass is 16.5. The van der Waals surface area contributed by atoms with E-state index in [0.29, 0.717) is 30.4 Å². The highest BCUT2D eigenvalue weighted by molar-refractivity contribution is 5.94. The normalized spacial score (nSPS) is 17.7. The van der Waals surface area contributed by atoms with Crippen molar-refractivity contribution >= 4 is 11.6 Å². The molecular weight excluding hydrogens is 326 g/mol. The number of piperidine rings is 1. The maximum Gasteiger partial charge on any atom is 0.251 e. The largest absolute Gasteiger partial charge is 0.492 e. The monoisotopic (exact) mass is 353 g/mol. The molecule has 0 spiro atoms. The van der Waals surface area contributed by atoms with Crippen LogP contribution in [0.5, 0.6) is 5.75 Å². The molecule has 1 aliphatic heterocycles. The summed E-state index contributed by atoms with van der Waals surface area (Å²) in [6, 6.07) is 15.3. The molecule has 1 heterocycles. The number of likely N-dealkylation sites (tertiary alicyclic amines) is 1. The molecule has 1 aliphatic rings. The summed E-state index contributed by atoms with van der Waals surface area (Å²) in [5, 5.41) is 2.95. The molecular formula is C21H27N3O2. The number of benzene rings is 2. The second-order valence-corrected chi connectivity index (χ2v) is 6.85. The maximum atomic E-state index is 12.3. The van der Waals surface area contributed by atoms with Crippen LogP contribution in [0.25, 0.3) is 0 Å². The van der Waals surface area contributed by atoms with Crippen LogP contribution in [0.3, 0.4) is 0 Å². The molecule has 5 nitrogen and oxygen atoms in total. The number of ether oxygens (including phenoxy) is 1. The summed E-state index contributed by atoms with van der Waals surface area (Å²) in [4.78, 5) is 14.7. The lowest BCUT2D eigenvalue weighted by molar-refractivity contribution is 0.0950. The van der Waals surface area contributed by atoms with E-state index in [9.17, 15) is 4.79 Å². The van der Waals surface area contributed by atoms with Crippen LogP contribution < -0.4 is 15.8 Å². The van der Waals surface area contributed by atoms with E-state index in [-0.39, 0.29) is 5.91 Å². The number of anilines is 1. The molecule has 0 radical (unpaired) electrons. The van der Waals surface area contributed by atoms with Crippen LogP contribution in [-0.4, -0.2) is 37.0 Å². The molecule has 0 saturated carbocycles. The van der Waals surface area contributed by atoms with Gasteiger partial charge in [-0.1, -0.05) is 24.6 Å². The number of likely N-dealkylation sites (N-methyl/N-ethyl adjacent to an activating group) is 1. The Morgan fingerprint density at radius 3 is 2.73 bits per heavy atom. The van der Waals surface area contributed by atoms with Gasteiger partial charge in [0.2, 0.25) is 0 Å². The van der Waals surface area contributed by atoms with Crippen molar-refractivity contribution in [3.05, 3.63) is 59.7 Å². The van der Waals surface area contributed by atoms with Crippen LogP contribution in [0.4, 0.5) is 5.69 Å². The first kappa shape index (κ1) is 18.3. The lowest BCUT2D eigenvalue weighted by atomic mass is 10.0. The number of rotatable bonds is 6. The van der Waals surface area contributed by atoms with Gasteiger partial charge < -0.3 is 20.7 Å². The summed E-state index contributed by atoms with van der Waals surface area (Å²) in [6.07, 6.45) is 3.70. The number of nitrogens with one attached hydrogen (secondary N) is 1. The Morgan fingerprint density at radius 2 is 1.96 bits per heavy atom. The first-order chi connectivity index (χ1) is 12.6. The summed E-state index contributed by atoms with van der Waals surface area (Å²) in [5.74, 6) is 0.718. The topological polar surface area (TPSA) is 67.6 Å². The van der Waals surface area contributed by atoms with Crippen LogP contribution in [0, 0.1) is 0 Å². The molecule has 1 unspecified atom stereocenters. The number of para-hydroxylation sites is 1. The fourth-order valence-corrected chi connectivity index (χ4v) is 3.24. The molecule has 0 aliphatic carbocycles. The lowest BCUT2D eigenvalue weighted by Gasteiger charge is -2.32. The number of nitrogens with two attached hydrogens (primary N) is 1. The summed E-state index contributed by atoms with van der Waals surface area (Å²) in [7, 11) is 2.16. The lowest BCUT2D eigenvalue weighted by Crippen LogP contribution is -2.40. The average molecular weight is 353 g/mol. The summed E-state index contributed by atoms with van der Waals surface area (Å²) < 4.78 is 6.09. The molecule has 1 amide bonds. The van der Waals surface area contributed by atoms with E-state index in [1.807, 2.05) is 24.3 Å². The van der Waals surface area contributed by atoms with Gasteiger partial charge in [-0.2, -0.15) is 0 Å². The van der Waals surface area contributed by atoms with E-state index in [2.05, 4.69) is 17.3 Å². The van der Waals surface area contributed by atoms with Crippen molar-refractivity contribution in [2.24, 2.45) is 0 Å². The van der Waals surface area contributed by atoms with Crippen LogP contribution in [0.2, 0.25) is 0 Å². The Hall–Kier alpha value is -2.53. The molecule has 0 aromatic heterocycles. The zero-order valence-electron chi connectivity index (χ0n) is 15.3. The standard InChI is InChI=1S/C21H27N3O2/c1-24-13-5-4-7-19(24)15-26-20-8-3-2-6-17(20)14-23-21(25)16-9-11-18(22)12-10-16/h2-3,6,8-12,19H,4-5,7,13-15,22H2,1H3,(H,23,25). The Labute approximate surface area is 155 Å². The van der Waals surface area contributed by atoms with E-state index in [4.69, 9.17) is 10.5 Å². The highest BCUT2D eigenvalue weighted by Gasteiger charge is 2.19. The van der Waals surface area contributed by atoms with Crippen LogP contribution in [-0.2, 0) is 6.54 Å². The number of hydrogen-bond donors (Lipinski definition) is 2. The van der Waals surface area contributed by atoms with Gasteiger partial charge in [-0.05, 0) is 56.8 Å². The number of carbonyl (C=O) groups is 1. The minimum Gasteiger partial charge on any atom is -0.492 e. The molecule has 1 saturated heterocycles. The van der Waals surface area contributed by atoms with E-state index >= 15 is 0 Å². The van der Waals surface area contributed by atoms with Crippen molar-refractivity contribution in [1.82, 2.24) is 10.2 Å². The van der Waals surface area contributed by atoms with Gasteiger partial charge >= 0.3 is 0 Å². The van der Waals surface area contributed by atoms with Gasteiger partial charge in [0.15, 0.2) is 0 Å². The molecule has 2 aromatic carbocycles. The van der Waals surface area contributed by atoms with Gasteiger partial charge in [0.1, 0.15) is 12.4 Å². The van der Waals surface area contributed by atoms with Crippen molar-refractivity contribution in [2.45, 2.75) is 31.8 Å². The maximum absolute atomic E-state index is 12.3. The fourth-order valence-electron chi connectivity index (χ4n) is 3.24. The predicted octanol–water partition coefficient (Wildman–Crippen LogP) is 3.06. The van der Waals surface area contributed by atoms with E-state index in [0.717, 1.165) is 17.9 Å². The van der Waals surface area contributed by atoms with Gasteiger partial charge in [0.05, 0.1) is 0 Å². The van der Waals surface area contributed by atoms with Crippen LogP contribution in [0.15, 0.2) is 48.5 Å². The van der Waals surface area contributed by atoms with E-state index in [1.54, 1.807) is 24.3 Å². The third-order valence-electron chi connectivity index (χ3n) is 4.94. The number of hydrogen-bond acceptors (Lipinski definition) is 4. The number of amides is 1. The van der Waals surface area contributed by atoms with Gasteiger partial charge in [-0.25, -0.2) is 0 Å². The zero-order chi connectivity index (χ0) is 18.4. The fraction of sp³-hybridized carbons (Fsp3) is 0.381. The summed E-state index contributed by atoms with van der Waals surface area (Å²) in [5.41, 5.74) is 7.89. The smallest absolute Gasteiger partial charge is 0.251 e. The first-order valence-electron chi connectivity index (χ1n) is 9.18. The van der Waals surface area contributed by atoms with Crippen molar-refractivity contribution in [3.8, 4) is 5.75 Å². The Balaban J connectivity index is 1.58. The minimum absolute atomic E-state index is 0.119. The van der Waals surface area contributed by atoms with E-state index < -0.39 is 0 Å². The van der Waals surface area contributed by atoms with Gasteiger partial charge in [0, 0.05) is 29.4 Å². The summed E-state index contributed by atoms with van der Waals surface area (Å²) in [6.45, 7) is 2.24. The summed E-state index contributed by atoms with van der Waals surface area (Å²) >= 11 is 0. The van der Waals surface area contributed by atoms with Crippen molar-refractivity contribution in [2.75, 3.05) is 25.9 Å². The molecule has 5 heteroatoms. The molecule has 3 rings (SSSR count). The quantitative estimate of drug-likeness (QED) is 0.783. The Bertz CT molecular complexity index is 730. The van der Waals surface area contributed by atoms with Crippen molar-refractivity contribution < 1.29 is 9.53 Å². The molecule has 138 valence electrons. The zero-order valence-corrected chi connectivity index (χ0v) is 15.3. The van der Waals surface area contributed by atoms with Crippen LogP contribution in [0.1, 0.15) is 35.2 Å². The number of carbonyl (C=O) groups excluding carboxylic acids is 1. The predicted molar refractivity (Wildman–Crippen MR) is 104 cm³/mol. The molecule has 1 fully saturated rings. The second-order valence-electron chi connectivity index (χ2n) is 6.85. The molecule has 0 bridgehead atoms. The third-order valence-corrected chi connectivity index (χ3v) is 4.94. The van der Waals surface area contributed by atoms with Gasteiger partial charge in [0.25, 0.3) is 5.91 Å². The average Bonchev–Trinajstić information content (AvgIpc) is 2.66. The third kappa shape index (κ3) is 4.76. The van der Waals surface area contributed by atoms with Crippen LogP contribution >= 0.6 is 0 Å². The van der Waals surface area contributed by atoms with Crippen molar-refractivity contribution in [3.63, 3.8) is 0 Å². The second kappa shape index (κ2) is 8.72. The van der Waals surface area contributed by atoms with E-state index in [1.165, 1.54) is 19.3 Å². The molecule has 2 aromatic rings. The van der Waals surface area contributed by atoms with Crippen molar-refractivity contribution in [1.29, 1.82) is 0 Å². The SMILES string of the molecule is CN1CCCCC1COc1ccccc1CNC(=O)c1ccc(N)cc1. The number of nitrogen functional groups attached to an aromatic ring is 1. The minimum atomic E-state index is -0.119. The highest BCUT2D eigenvalue weighted by Crippen LogP contribution is 2.21. The molecule has 26 heavy (non-hydrogen) atoms. The Kier molecular flexibility index (Phi) is 6.12. The Morgan fingerprint density at radius 1 is 1.19 bits per heavy atom. The first-order valence-corrected chi connectivity index (χ1v) is 9.18. The number of nitrogens with zero attached hydrogens (tertiary/aromatic N) is 1. The van der Waals surface area contributed by atoms with Gasteiger partial charge in [-0.15, -0.1) is 0 Å².